The summed E-state index contributed by atoms with van der Waals surface area (Å²) in [6.45, 7) is 2.31. The third-order valence-corrected chi connectivity index (χ3v) is 2.78. The summed E-state index contributed by atoms with van der Waals surface area (Å²) in [5, 5.41) is 3.00. The van der Waals surface area contributed by atoms with Crippen molar-refractivity contribution in [1.82, 2.24) is 10.2 Å². The molecule has 0 aromatic heterocycles. The fourth-order valence-electron chi connectivity index (χ4n) is 1.90. The molecule has 4 heteroatoms. The number of amides is 1. The molecule has 0 radical (unpaired) electrons. The summed E-state index contributed by atoms with van der Waals surface area (Å²) in [5.74, 6) is 0.237. The van der Waals surface area contributed by atoms with E-state index in [2.05, 4.69) is 17.4 Å². The van der Waals surface area contributed by atoms with E-state index >= 15 is 0 Å². The molecule has 0 atom stereocenters. The first-order valence-electron chi connectivity index (χ1n) is 5.30. The molecule has 1 aliphatic heterocycles. The van der Waals surface area contributed by atoms with Crippen LogP contribution in [0.4, 0.5) is 0 Å². The minimum atomic E-state index is 0. The normalized spacial score (nSPS) is 13.2. The van der Waals surface area contributed by atoms with Gasteiger partial charge < -0.3 is 10.2 Å². The monoisotopic (exact) mass is 240 g/mol. The van der Waals surface area contributed by atoms with Crippen molar-refractivity contribution in [1.29, 1.82) is 0 Å². The fraction of sp³-hybridized carbons (Fsp3) is 0.417. The number of nitrogens with one attached hydrogen (secondary N) is 1. The molecule has 0 aliphatic carbocycles. The molecule has 88 valence electrons. The Morgan fingerprint density at radius 3 is 2.38 bits per heavy atom. The Kier molecular flexibility index (Phi) is 4.77. The Hall–Kier alpha value is -1.06. The van der Waals surface area contributed by atoms with E-state index in [4.69, 9.17) is 0 Å². The summed E-state index contributed by atoms with van der Waals surface area (Å²) in [7, 11) is 1.87. The number of carbonyl (C=O) groups excluding carboxylic acids is 1. The summed E-state index contributed by atoms with van der Waals surface area (Å²) in [4.78, 5) is 13.7. The number of hydrogen-bond acceptors (Lipinski definition) is 2. The standard InChI is InChI=1S/C12H16N2O.ClH/c1-13-7-6-12(15)14-8-10-4-2-3-5-11(10)9-14;/h2-5,13H,6-9H2,1H3;1H. The van der Waals surface area contributed by atoms with Gasteiger partial charge in [0, 0.05) is 26.1 Å². The Morgan fingerprint density at radius 2 is 1.88 bits per heavy atom. The molecule has 0 saturated heterocycles. The zero-order valence-corrected chi connectivity index (χ0v) is 10.2. The number of rotatable bonds is 3. The topological polar surface area (TPSA) is 32.3 Å². The van der Waals surface area contributed by atoms with Crippen LogP contribution in [0.1, 0.15) is 17.5 Å². The zero-order valence-electron chi connectivity index (χ0n) is 9.40. The van der Waals surface area contributed by atoms with Crippen molar-refractivity contribution in [2.75, 3.05) is 13.6 Å². The average molecular weight is 241 g/mol. The highest BCUT2D eigenvalue weighted by molar-refractivity contribution is 5.85. The van der Waals surface area contributed by atoms with E-state index in [0.29, 0.717) is 6.42 Å². The molecule has 0 unspecified atom stereocenters. The molecule has 0 spiro atoms. The van der Waals surface area contributed by atoms with Crippen molar-refractivity contribution in [3.63, 3.8) is 0 Å². The van der Waals surface area contributed by atoms with Crippen molar-refractivity contribution in [2.45, 2.75) is 19.5 Å². The number of benzene rings is 1. The quantitative estimate of drug-likeness (QED) is 0.870. The van der Waals surface area contributed by atoms with Gasteiger partial charge in [0.15, 0.2) is 0 Å². The second kappa shape index (κ2) is 5.87. The van der Waals surface area contributed by atoms with Crippen LogP contribution in [0.3, 0.4) is 0 Å². The number of nitrogens with zero attached hydrogens (tertiary/aromatic N) is 1. The van der Waals surface area contributed by atoms with Crippen LogP contribution in [0.15, 0.2) is 24.3 Å². The predicted molar refractivity (Wildman–Crippen MR) is 66.5 cm³/mol. The van der Waals surface area contributed by atoms with Crippen LogP contribution in [0, 0.1) is 0 Å². The lowest BCUT2D eigenvalue weighted by atomic mass is 10.1. The zero-order chi connectivity index (χ0) is 10.7. The van der Waals surface area contributed by atoms with Crippen molar-refractivity contribution in [3.8, 4) is 0 Å². The number of hydrogen-bond donors (Lipinski definition) is 1. The second-order valence-corrected chi connectivity index (χ2v) is 3.87. The average Bonchev–Trinajstić information content (AvgIpc) is 2.69. The van der Waals surface area contributed by atoms with Crippen LogP contribution in [0.5, 0.6) is 0 Å². The van der Waals surface area contributed by atoms with Gasteiger partial charge in [-0.2, -0.15) is 0 Å². The van der Waals surface area contributed by atoms with Crippen LogP contribution >= 0.6 is 12.4 Å². The third-order valence-electron chi connectivity index (χ3n) is 2.78. The molecule has 1 N–H and O–H groups in total. The first-order chi connectivity index (χ1) is 7.31. The van der Waals surface area contributed by atoms with E-state index in [1.54, 1.807) is 0 Å². The molecule has 16 heavy (non-hydrogen) atoms. The van der Waals surface area contributed by atoms with Gasteiger partial charge in [0.05, 0.1) is 0 Å². The molecule has 1 aromatic rings. The number of halogens is 1. The Labute approximate surface area is 102 Å². The SMILES string of the molecule is CNCCC(=O)N1Cc2ccccc2C1.Cl. The van der Waals surface area contributed by atoms with E-state index in [0.717, 1.165) is 19.6 Å². The number of carbonyl (C=O) groups is 1. The Morgan fingerprint density at radius 1 is 1.31 bits per heavy atom. The van der Waals surface area contributed by atoms with Crippen LogP contribution < -0.4 is 5.32 Å². The predicted octanol–water partition coefficient (Wildman–Crippen LogP) is 1.56. The van der Waals surface area contributed by atoms with Crippen molar-refractivity contribution >= 4 is 18.3 Å². The number of fused-ring (bicyclic) bond motifs is 1. The second-order valence-electron chi connectivity index (χ2n) is 3.87. The molecule has 1 amide bonds. The molecule has 1 aromatic carbocycles. The van der Waals surface area contributed by atoms with Gasteiger partial charge in [-0.1, -0.05) is 24.3 Å². The summed E-state index contributed by atoms with van der Waals surface area (Å²) in [5.41, 5.74) is 2.57. The van der Waals surface area contributed by atoms with Crippen LogP contribution in [-0.4, -0.2) is 24.4 Å². The summed E-state index contributed by atoms with van der Waals surface area (Å²) >= 11 is 0. The Bertz CT molecular complexity index is 343. The summed E-state index contributed by atoms with van der Waals surface area (Å²) in [6, 6.07) is 8.25. The lowest BCUT2D eigenvalue weighted by molar-refractivity contribution is -0.131. The largest absolute Gasteiger partial charge is 0.334 e. The fourth-order valence-corrected chi connectivity index (χ4v) is 1.90. The lowest BCUT2D eigenvalue weighted by Crippen LogP contribution is -2.27. The van der Waals surface area contributed by atoms with Gasteiger partial charge in [-0.25, -0.2) is 0 Å². The molecule has 3 nitrogen and oxygen atoms in total. The van der Waals surface area contributed by atoms with Gasteiger partial charge in [0.1, 0.15) is 0 Å². The first kappa shape index (κ1) is 13.0. The molecule has 0 bridgehead atoms. The van der Waals surface area contributed by atoms with E-state index < -0.39 is 0 Å². The molecular formula is C12H17ClN2O. The van der Waals surface area contributed by atoms with Crippen molar-refractivity contribution in [3.05, 3.63) is 35.4 Å². The summed E-state index contributed by atoms with van der Waals surface area (Å²) < 4.78 is 0. The molecular weight excluding hydrogens is 224 g/mol. The van der Waals surface area contributed by atoms with Crippen LogP contribution in [0.25, 0.3) is 0 Å². The van der Waals surface area contributed by atoms with E-state index in [1.807, 2.05) is 24.1 Å². The van der Waals surface area contributed by atoms with Gasteiger partial charge >= 0.3 is 0 Å². The minimum absolute atomic E-state index is 0. The van der Waals surface area contributed by atoms with Gasteiger partial charge in [0.2, 0.25) is 5.91 Å². The summed E-state index contributed by atoms with van der Waals surface area (Å²) in [6.07, 6.45) is 0.588. The maximum absolute atomic E-state index is 11.8. The first-order valence-corrected chi connectivity index (χ1v) is 5.30. The highest BCUT2D eigenvalue weighted by Crippen LogP contribution is 2.22. The lowest BCUT2D eigenvalue weighted by Gasteiger charge is -2.14. The minimum Gasteiger partial charge on any atom is -0.334 e. The van der Waals surface area contributed by atoms with Crippen molar-refractivity contribution < 1.29 is 4.79 Å². The van der Waals surface area contributed by atoms with Gasteiger partial charge in [0.25, 0.3) is 0 Å². The van der Waals surface area contributed by atoms with Gasteiger partial charge in [-0.3, -0.25) is 4.79 Å². The molecule has 1 heterocycles. The van der Waals surface area contributed by atoms with Gasteiger partial charge in [-0.05, 0) is 18.2 Å². The molecule has 2 rings (SSSR count). The maximum Gasteiger partial charge on any atom is 0.224 e. The molecule has 1 aliphatic rings. The van der Waals surface area contributed by atoms with E-state index in [9.17, 15) is 4.79 Å². The maximum atomic E-state index is 11.8. The third kappa shape index (κ3) is 2.74. The molecule has 0 fully saturated rings. The van der Waals surface area contributed by atoms with Crippen molar-refractivity contribution in [2.24, 2.45) is 0 Å². The van der Waals surface area contributed by atoms with Gasteiger partial charge in [-0.15, -0.1) is 12.4 Å². The van der Waals surface area contributed by atoms with Crippen LogP contribution in [-0.2, 0) is 17.9 Å². The smallest absolute Gasteiger partial charge is 0.224 e. The van der Waals surface area contributed by atoms with E-state index in [-0.39, 0.29) is 18.3 Å². The highest BCUT2D eigenvalue weighted by Gasteiger charge is 2.21. The molecule has 0 saturated carbocycles. The van der Waals surface area contributed by atoms with E-state index in [1.165, 1.54) is 11.1 Å². The van der Waals surface area contributed by atoms with Crippen LogP contribution in [0.2, 0.25) is 0 Å². The highest BCUT2D eigenvalue weighted by atomic mass is 35.5. The Balaban J connectivity index is 0.00000128.